The van der Waals surface area contributed by atoms with Gasteiger partial charge < -0.3 is 9.47 Å². The molecule has 4 bridgehead atoms. The van der Waals surface area contributed by atoms with Crippen LogP contribution in [-0.4, -0.2) is 14.0 Å². The average Bonchev–Trinajstić information content (AvgIpc) is 3.31. The first-order chi connectivity index (χ1) is 14.1. The van der Waals surface area contributed by atoms with Crippen LogP contribution in [0.15, 0.2) is 36.7 Å². The lowest BCUT2D eigenvalue weighted by atomic mass is 9.47. The number of para-hydroxylation sites is 1. The van der Waals surface area contributed by atoms with E-state index in [0.29, 0.717) is 6.04 Å². The molecule has 4 nitrogen and oxygen atoms in total. The molecule has 4 aliphatic carbocycles. The van der Waals surface area contributed by atoms with Gasteiger partial charge in [0.05, 0.1) is 23.0 Å². The Hall–Kier alpha value is -2.23. The first kappa shape index (κ1) is 16.6. The number of aryl methyl sites for hydroxylation is 2. The van der Waals surface area contributed by atoms with Gasteiger partial charge >= 0.3 is 0 Å². The van der Waals surface area contributed by atoms with Crippen molar-refractivity contribution >= 4 is 11.5 Å². The summed E-state index contributed by atoms with van der Waals surface area (Å²) in [7, 11) is 2.13. The van der Waals surface area contributed by atoms with Crippen molar-refractivity contribution in [1.82, 2.24) is 14.0 Å². The summed E-state index contributed by atoms with van der Waals surface area (Å²) in [6.07, 6.45) is 11.5. The van der Waals surface area contributed by atoms with E-state index in [1.165, 1.54) is 54.7 Å². The second-order valence-corrected chi connectivity index (χ2v) is 10.4. The number of rotatable bonds is 1. The second kappa shape index (κ2) is 5.27. The minimum absolute atomic E-state index is 0.0836. The van der Waals surface area contributed by atoms with Crippen molar-refractivity contribution in [1.29, 1.82) is 0 Å². The number of benzene rings is 1. The van der Waals surface area contributed by atoms with Gasteiger partial charge in [0.2, 0.25) is 5.78 Å². The highest BCUT2D eigenvalue weighted by Gasteiger charge is 2.66. The van der Waals surface area contributed by atoms with Crippen molar-refractivity contribution in [2.45, 2.75) is 57.5 Å². The van der Waals surface area contributed by atoms with Crippen LogP contribution in [0.1, 0.15) is 62.0 Å². The van der Waals surface area contributed by atoms with Gasteiger partial charge in [0.15, 0.2) is 0 Å². The number of imidazole rings is 2. The van der Waals surface area contributed by atoms with E-state index in [1.54, 1.807) is 0 Å². The lowest BCUT2D eigenvalue weighted by molar-refractivity contribution is -0.0618. The van der Waals surface area contributed by atoms with Crippen molar-refractivity contribution in [3.63, 3.8) is 0 Å². The molecule has 4 heteroatoms. The third-order valence-corrected chi connectivity index (χ3v) is 9.00. The third-order valence-electron chi connectivity index (χ3n) is 9.00. The number of hydrogen-bond acceptors (Lipinski definition) is 2. The molecule has 1 aromatic carbocycles. The zero-order valence-corrected chi connectivity index (χ0v) is 17.7. The molecule has 1 atom stereocenters. The molecule has 150 valence electrons. The van der Waals surface area contributed by atoms with Crippen molar-refractivity contribution in [2.75, 3.05) is 4.90 Å². The van der Waals surface area contributed by atoms with Gasteiger partial charge in [-0.3, -0.25) is 4.40 Å². The Bertz CT molecular complexity index is 1110. The molecule has 5 aliphatic rings. The predicted molar refractivity (Wildman–Crippen MR) is 115 cm³/mol. The van der Waals surface area contributed by atoms with Gasteiger partial charge in [-0.15, -0.1) is 0 Å². The second-order valence-electron chi connectivity index (χ2n) is 10.4. The topological polar surface area (TPSA) is 25.5 Å². The van der Waals surface area contributed by atoms with Gasteiger partial charge in [0.25, 0.3) is 0 Å². The molecule has 8 rings (SSSR count). The average molecular weight is 387 g/mol. The lowest BCUT2D eigenvalue weighted by Crippen LogP contribution is -2.62. The van der Waals surface area contributed by atoms with E-state index in [0.717, 1.165) is 29.4 Å². The Morgan fingerprint density at radius 1 is 0.966 bits per heavy atom. The Labute approximate surface area is 172 Å². The standard InChI is InChI=1S/C25H30N4/c1-15-6-4-5-7-21(15)29-16(2)22-23(26-24-27(3)8-9-28(22)24)25(29)19-11-17-10-18(13-19)14-20(25)12-17/h4-9,16-20H,10-14H2,1-3H3/t16-,17?,18?,19?,20?,25?/m0/s1. The summed E-state index contributed by atoms with van der Waals surface area (Å²) >= 11 is 0. The van der Waals surface area contributed by atoms with Gasteiger partial charge in [-0.05, 0) is 81.3 Å². The first-order valence-electron chi connectivity index (χ1n) is 11.5. The largest absolute Gasteiger partial charge is 0.351 e. The van der Waals surface area contributed by atoms with Crippen molar-refractivity contribution in [3.8, 4) is 0 Å². The Balaban J connectivity index is 1.54. The molecular weight excluding hydrogens is 356 g/mol. The van der Waals surface area contributed by atoms with Crippen LogP contribution in [0.4, 0.5) is 5.69 Å². The van der Waals surface area contributed by atoms with Crippen LogP contribution in [0, 0.1) is 30.6 Å². The molecule has 29 heavy (non-hydrogen) atoms. The summed E-state index contributed by atoms with van der Waals surface area (Å²) in [5, 5.41) is 0. The molecule has 4 fully saturated rings. The fourth-order valence-electron chi connectivity index (χ4n) is 8.24. The van der Waals surface area contributed by atoms with Crippen LogP contribution < -0.4 is 4.90 Å². The highest BCUT2D eigenvalue weighted by Crippen LogP contribution is 2.68. The monoisotopic (exact) mass is 386 g/mol. The Morgan fingerprint density at radius 2 is 1.66 bits per heavy atom. The van der Waals surface area contributed by atoms with E-state index >= 15 is 0 Å². The summed E-state index contributed by atoms with van der Waals surface area (Å²) in [5.41, 5.74) is 5.76. The number of fused-ring (bicyclic) bond motifs is 3. The van der Waals surface area contributed by atoms with Crippen LogP contribution in [0.3, 0.4) is 0 Å². The maximum atomic E-state index is 5.39. The van der Waals surface area contributed by atoms with Gasteiger partial charge in [0, 0.05) is 25.1 Å². The van der Waals surface area contributed by atoms with E-state index in [4.69, 9.17) is 4.98 Å². The van der Waals surface area contributed by atoms with Crippen molar-refractivity contribution in [3.05, 3.63) is 53.6 Å². The Morgan fingerprint density at radius 3 is 2.34 bits per heavy atom. The minimum Gasteiger partial charge on any atom is -0.351 e. The molecule has 1 aliphatic heterocycles. The maximum Gasteiger partial charge on any atom is 0.214 e. The van der Waals surface area contributed by atoms with Crippen LogP contribution in [0.2, 0.25) is 0 Å². The lowest BCUT2D eigenvalue weighted by Gasteiger charge is -2.63. The maximum absolute atomic E-state index is 5.39. The Kier molecular flexibility index (Phi) is 3.01. The van der Waals surface area contributed by atoms with E-state index in [-0.39, 0.29) is 5.54 Å². The summed E-state index contributed by atoms with van der Waals surface area (Å²) in [6, 6.07) is 9.39. The van der Waals surface area contributed by atoms with Gasteiger partial charge in [-0.1, -0.05) is 18.2 Å². The molecular formula is C25H30N4. The zero-order valence-electron chi connectivity index (χ0n) is 17.7. The summed E-state index contributed by atoms with van der Waals surface area (Å²) in [5.74, 6) is 4.51. The summed E-state index contributed by atoms with van der Waals surface area (Å²) in [6.45, 7) is 4.71. The fraction of sp³-hybridized carbons (Fsp3) is 0.560. The minimum atomic E-state index is 0.0836. The number of anilines is 1. The SMILES string of the molecule is Cc1ccccc1N1[C@@H](C)c2c(nc3n(C)ccn23)C12C1CC3CC(C1)CC2C3. The van der Waals surface area contributed by atoms with E-state index < -0.39 is 0 Å². The number of aromatic nitrogens is 3. The molecule has 0 radical (unpaired) electrons. The highest BCUT2D eigenvalue weighted by molar-refractivity contribution is 5.64. The van der Waals surface area contributed by atoms with E-state index in [2.05, 4.69) is 71.4 Å². The first-order valence-corrected chi connectivity index (χ1v) is 11.5. The van der Waals surface area contributed by atoms with Crippen molar-refractivity contribution in [2.24, 2.45) is 30.7 Å². The van der Waals surface area contributed by atoms with Crippen LogP contribution in [0.5, 0.6) is 0 Å². The van der Waals surface area contributed by atoms with Gasteiger partial charge in [-0.2, -0.15) is 0 Å². The van der Waals surface area contributed by atoms with Crippen molar-refractivity contribution < 1.29 is 0 Å². The van der Waals surface area contributed by atoms with Crippen LogP contribution >= 0.6 is 0 Å². The van der Waals surface area contributed by atoms with Crippen LogP contribution in [0.25, 0.3) is 5.78 Å². The highest BCUT2D eigenvalue weighted by atomic mass is 15.3. The normalized spacial score (nSPS) is 37.2. The third kappa shape index (κ3) is 1.81. The van der Waals surface area contributed by atoms with Gasteiger partial charge in [0.1, 0.15) is 0 Å². The zero-order chi connectivity index (χ0) is 19.5. The molecule has 3 heterocycles. The molecule has 0 saturated heterocycles. The van der Waals surface area contributed by atoms with E-state index in [9.17, 15) is 0 Å². The fourth-order valence-corrected chi connectivity index (χ4v) is 8.24. The predicted octanol–water partition coefficient (Wildman–Crippen LogP) is 5.21. The van der Waals surface area contributed by atoms with E-state index in [1.807, 2.05) is 0 Å². The smallest absolute Gasteiger partial charge is 0.214 e. The molecule has 2 aromatic heterocycles. The number of nitrogens with zero attached hydrogens (tertiary/aromatic N) is 4. The van der Waals surface area contributed by atoms with Crippen LogP contribution in [-0.2, 0) is 12.6 Å². The molecule has 0 amide bonds. The quantitative estimate of drug-likeness (QED) is 0.573. The summed E-state index contributed by atoms with van der Waals surface area (Å²) in [4.78, 5) is 8.23. The number of hydrogen-bond donors (Lipinski definition) is 0. The molecule has 0 N–H and O–H groups in total. The van der Waals surface area contributed by atoms with Gasteiger partial charge in [-0.25, -0.2) is 4.98 Å². The molecule has 0 unspecified atom stereocenters. The summed E-state index contributed by atoms with van der Waals surface area (Å²) < 4.78 is 4.57. The molecule has 4 saturated carbocycles. The molecule has 3 aromatic rings. The molecule has 1 spiro atoms.